The molecule has 146 valence electrons. The summed E-state index contributed by atoms with van der Waals surface area (Å²) < 4.78 is 73.0. The SMILES string of the molecule is COC(=O)c1ccc(S(=O)(=O)NCc2ccccc2OC(F)(F)F)c(C)c1. The molecule has 0 aromatic heterocycles. The van der Waals surface area contributed by atoms with E-state index in [-0.39, 0.29) is 21.6 Å². The van der Waals surface area contributed by atoms with E-state index in [2.05, 4.69) is 14.2 Å². The number of benzene rings is 2. The van der Waals surface area contributed by atoms with Gasteiger partial charge in [0.05, 0.1) is 17.6 Å². The van der Waals surface area contributed by atoms with Crippen LogP contribution in [0, 0.1) is 6.92 Å². The molecule has 6 nitrogen and oxygen atoms in total. The molecule has 0 aliphatic heterocycles. The van der Waals surface area contributed by atoms with E-state index < -0.39 is 34.6 Å². The molecule has 0 bridgehead atoms. The molecule has 0 atom stereocenters. The lowest BCUT2D eigenvalue weighted by Gasteiger charge is -2.14. The van der Waals surface area contributed by atoms with Crippen molar-refractivity contribution in [3.63, 3.8) is 0 Å². The van der Waals surface area contributed by atoms with Crippen LogP contribution in [-0.2, 0) is 21.3 Å². The minimum absolute atomic E-state index is 0.0160. The third-order valence-corrected chi connectivity index (χ3v) is 5.10. The number of carbonyl (C=O) groups excluding carboxylic acids is 1. The number of rotatable bonds is 6. The predicted molar refractivity (Wildman–Crippen MR) is 89.7 cm³/mol. The van der Waals surface area contributed by atoms with Crippen LogP contribution in [0.2, 0.25) is 0 Å². The summed E-state index contributed by atoms with van der Waals surface area (Å²) in [4.78, 5) is 11.4. The Bertz CT molecular complexity index is 942. The molecule has 27 heavy (non-hydrogen) atoms. The molecule has 10 heteroatoms. The van der Waals surface area contributed by atoms with E-state index in [1.807, 2.05) is 0 Å². The normalized spacial score (nSPS) is 11.9. The first-order chi connectivity index (χ1) is 12.5. The van der Waals surface area contributed by atoms with Crippen LogP contribution in [0.25, 0.3) is 0 Å². The van der Waals surface area contributed by atoms with Gasteiger partial charge in [0.25, 0.3) is 0 Å². The highest BCUT2D eigenvalue weighted by Crippen LogP contribution is 2.26. The fraction of sp³-hybridized carbons (Fsp3) is 0.235. The molecule has 1 N–H and O–H groups in total. The summed E-state index contributed by atoms with van der Waals surface area (Å²) in [5.74, 6) is -1.11. The minimum Gasteiger partial charge on any atom is -0.465 e. The molecule has 0 fully saturated rings. The maximum Gasteiger partial charge on any atom is 0.573 e. The second kappa shape index (κ2) is 7.97. The lowest BCUT2D eigenvalue weighted by molar-refractivity contribution is -0.274. The molecule has 0 heterocycles. The third kappa shape index (κ3) is 5.44. The first-order valence-electron chi connectivity index (χ1n) is 7.56. The summed E-state index contributed by atoms with van der Waals surface area (Å²) in [6.45, 7) is 1.08. The monoisotopic (exact) mass is 403 g/mol. The molecule has 0 unspecified atom stereocenters. The maximum absolute atomic E-state index is 12.5. The molecule has 2 rings (SSSR count). The van der Waals surface area contributed by atoms with Gasteiger partial charge in [-0.15, -0.1) is 13.2 Å². The Labute approximate surface area is 154 Å². The van der Waals surface area contributed by atoms with Gasteiger partial charge in [-0.25, -0.2) is 17.9 Å². The number of carbonyl (C=O) groups is 1. The third-order valence-electron chi connectivity index (χ3n) is 3.54. The topological polar surface area (TPSA) is 81.7 Å². The first-order valence-corrected chi connectivity index (χ1v) is 9.04. The minimum atomic E-state index is -4.89. The number of hydrogen-bond donors (Lipinski definition) is 1. The average molecular weight is 403 g/mol. The summed E-state index contributed by atoms with van der Waals surface area (Å²) in [7, 11) is -2.84. The molecule has 2 aromatic rings. The van der Waals surface area contributed by atoms with E-state index in [4.69, 9.17) is 0 Å². The maximum atomic E-state index is 12.5. The summed E-state index contributed by atoms with van der Waals surface area (Å²) in [5.41, 5.74) is 0.477. The number of ether oxygens (including phenoxy) is 2. The van der Waals surface area contributed by atoms with E-state index in [1.54, 1.807) is 0 Å². The molecule has 0 saturated carbocycles. The van der Waals surface area contributed by atoms with E-state index in [1.165, 1.54) is 50.4 Å². The molecule has 0 amide bonds. The molecule has 0 saturated heterocycles. The summed E-state index contributed by atoms with van der Waals surface area (Å²) in [6, 6.07) is 9.07. The van der Waals surface area contributed by atoms with Crippen LogP contribution in [0.4, 0.5) is 13.2 Å². The Morgan fingerprint density at radius 2 is 1.81 bits per heavy atom. The zero-order valence-corrected chi connectivity index (χ0v) is 15.1. The molecular weight excluding hydrogens is 387 g/mol. The van der Waals surface area contributed by atoms with E-state index in [0.717, 1.165) is 6.07 Å². The van der Waals surface area contributed by atoms with Gasteiger partial charge in [-0.1, -0.05) is 18.2 Å². The number of nitrogens with one attached hydrogen (secondary N) is 1. The van der Waals surface area contributed by atoms with Crippen LogP contribution in [0.3, 0.4) is 0 Å². The number of para-hydroxylation sites is 1. The Morgan fingerprint density at radius 3 is 2.41 bits per heavy atom. The van der Waals surface area contributed by atoms with Gasteiger partial charge in [-0.3, -0.25) is 0 Å². The average Bonchev–Trinajstić information content (AvgIpc) is 2.58. The smallest absolute Gasteiger partial charge is 0.465 e. The number of methoxy groups -OCH3 is 1. The van der Waals surface area contributed by atoms with Gasteiger partial charge in [-0.05, 0) is 36.8 Å². The number of alkyl halides is 3. The van der Waals surface area contributed by atoms with Crippen LogP contribution in [-0.4, -0.2) is 27.9 Å². The number of sulfonamides is 1. The first kappa shape index (κ1) is 20.7. The number of halogens is 3. The Balaban J connectivity index is 2.22. The number of esters is 1. The number of hydrogen-bond acceptors (Lipinski definition) is 5. The lowest BCUT2D eigenvalue weighted by atomic mass is 10.1. The summed E-state index contributed by atoms with van der Waals surface area (Å²) in [6.07, 6.45) is -4.89. The van der Waals surface area contributed by atoms with E-state index in [0.29, 0.717) is 0 Å². The van der Waals surface area contributed by atoms with E-state index >= 15 is 0 Å². The van der Waals surface area contributed by atoms with Gasteiger partial charge in [0.2, 0.25) is 10.0 Å². The van der Waals surface area contributed by atoms with Gasteiger partial charge < -0.3 is 9.47 Å². The van der Waals surface area contributed by atoms with Gasteiger partial charge in [0.15, 0.2) is 0 Å². The van der Waals surface area contributed by atoms with Crippen molar-refractivity contribution in [3.8, 4) is 5.75 Å². The molecular formula is C17H16F3NO5S. The van der Waals surface area contributed by atoms with Crippen molar-refractivity contribution in [2.45, 2.75) is 24.7 Å². The number of aryl methyl sites for hydroxylation is 1. The summed E-state index contributed by atoms with van der Waals surface area (Å²) in [5, 5.41) is 0. The van der Waals surface area contributed by atoms with Crippen molar-refractivity contribution in [3.05, 3.63) is 59.2 Å². The zero-order valence-electron chi connectivity index (χ0n) is 14.3. The second-order valence-corrected chi connectivity index (χ2v) is 7.19. The molecule has 2 aromatic carbocycles. The van der Waals surface area contributed by atoms with Gasteiger partial charge in [-0.2, -0.15) is 0 Å². The van der Waals surface area contributed by atoms with Crippen molar-refractivity contribution >= 4 is 16.0 Å². The molecule has 0 aliphatic rings. The standard InChI is InChI=1S/C17H16F3NO5S/c1-11-9-12(16(22)25-2)7-8-15(11)27(23,24)21-10-13-5-3-4-6-14(13)26-17(18,19)20/h3-9,21H,10H2,1-2H3. The van der Waals surface area contributed by atoms with Crippen LogP contribution in [0.15, 0.2) is 47.4 Å². The van der Waals surface area contributed by atoms with Crippen LogP contribution in [0.5, 0.6) is 5.75 Å². The predicted octanol–water partition coefficient (Wildman–Crippen LogP) is 3.16. The van der Waals surface area contributed by atoms with E-state index in [9.17, 15) is 26.4 Å². The molecule has 0 spiro atoms. The summed E-state index contributed by atoms with van der Waals surface area (Å²) >= 11 is 0. The van der Waals surface area contributed by atoms with Crippen LogP contribution >= 0.6 is 0 Å². The lowest BCUT2D eigenvalue weighted by Crippen LogP contribution is -2.25. The van der Waals surface area contributed by atoms with Crippen molar-refractivity contribution in [2.24, 2.45) is 0 Å². The van der Waals surface area contributed by atoms with Gasteiger partial charge >= 0.3 is 12.3 Å². The largest absolute Gasteiger partial charge is 0.573 e. The highest BCUT2D eigenvalue weighted by molar-refractivity contribution is 7.89. The fourth-order valence-electron chi connectivity index (χ4n) is 2.32. The second-order valence-electron chi connectivity index (χ2n) is 5.45. The van der Waals surface area contributed by atoms with Crippen LogP contribution < -0.4 is 9.46 Å². The van der Waals surface area contributed by atoms with Crippen molar-refractivity contribution in [2.75, 3.05) is 7.11 Å². The molecule has 0 aliphatic carbocycles. The molecule has 0 radical (unpaired) electrons. The zero-order chi connectivity index (χ0) is 20.2. The van der Waals surface area contributed by atoms with Crippen molar-refractivity contribution in [1.82, 2.24) is 4.72 Å². The van der Waals surface area contributed by atoms with Gasteiger partial charge in [0.1, 0.15) is 5.75 Å². The quantitative estimate of drug-likeness (QED) is 0.750. The van der Waals surface area contributed by atoms with Gasteiger partial charge in [0, 0.05) is 12.1 Å². The van der Waals surface area contributed by atoms with Crippen molar-refractivity contribution in [1.29, 1.82) is 0 Å². The fourth-order valence-corrected chi connectivity index (χ4v) is 3.55. The Hall–Kier alpha value is -2.59. The highest BCUT2D eigenvalue weighted by Gasteiger charge is 2.32. The van der Waals surface area contributed by atoms with Crippen molar-refractivity contribution < 1.29 is 35.9 Å². The Kier molecular flexibility index (Phi) is 6.11. The van der Waals surface area contributed by atoms with Crippen LogP contribution in [0.1, 0.15) is 21.5 Å². The Morgan fingerprint density at radius 1 is 1.15 bits per heavy atom. The highest BCUT2D eigenvalue weighted by atomic mass is 32.2.